The Bertz CT molecular complexity index is 838. The zero-order valence-electron chi connectivity index (χ0n) is 14.0. The number of anilines is 1. The van der Waals surface area contributed by atoms with Gasteiger partial charge in [-0.05, 0) is 17.2 Å². The van der Waals surface area contributed by atoms with E-state index in [9.17, 15) is 19.7 Å². The van der Waals surface area contributed by atoms with Crippen molar-refractivity contribution in [2.75, 3.05) is 12.4 Å². The molecular formula is C17H18N4O5. The molecule has 26 heavy (non-hydrogen) atoms. The highest BCUT2D eigenvalue weighted by Gasteiger charge is 2.17. The normalized spacial score (nSPS) is 10.1. The molecule has 0 spiro atoms. The number of non-ortho nitro benzene ring substituents is 1. The highest BCUT2D eigenvalue weighted by atomic mass is 16.6. The molecule has 0 aliphatic heterocycles. The number of carbonyl (C=O) groups excluding carboxylic acids is 2. The fourth-order valence-corrected chi connectivity index (χ4v) is 2.21. The van der Waals surface area contributed by atoms with Crippen LogP contribution in [0.2, 0.25) is 0 Å². The largest absolute Gasteiger partial charge is 0.494 e. The van der Waals surface area contributed by atoms with Crippen LogP contribution in [0.5, 0.6) is 5.75 Å². The maximum Gasteiger partial charge on any atom is 0.313 e. The fourth-order valence-electron chi connectivity index (χ4n) is 2.21. The van der Waals surface area contributed by atoms with Gasteiger partial charge in [0, 0.05) is 19.2 Å². The summed E-state index contributed by atoms with van der Waals surface area (Å²) in [6, 6.07) is 11.0. The third-order valence-electron chi connectivity index (χ3n) is 3.53. The van der Waals surface area contributed by atoms with E-state index in [1.807, 2.05) is 18.2 Å². The van der Waals surface area contributed by atoms with E-state index in [2.05, 4.69) is 10.6 Å². The lowest BCUT2D eigenvalue weighted by Gasteiger charge is -2.10. The van der Waals surface area contributed by atoms with Crippen LogP contribution in [0.15, 0.2) is 42.5 Å². The van der Waals surface area contributed by atoms with Crippen LogP contribution < -0.4 is 21.1 Å². The van der Waals surface area contributed by atoms with Gasteiger partial charge in [0.1, 0.15) is 5.75 Å². The van der Waals surface area contributed by atoms with Crippen LogP contribution in [-0.2, 0) is 22.7 Å². The standard InChI is InChI=1S/C17H18N4O5/c1-26-15-8-13(21(24)25)5-6-14(15)20-17(23)16(22)19-10-12-4-2-3-11(7-12)9-18/h2-8H,9-10,18H2,1H3,(H,19,22)(H,20,23). The van der Waals surface area contributed by atoms with Gasteiger partial charge in [-0.1, -0.05) is 24.3 Å². The lowest BCUT2D eigenvalue weighted by atomic mass is 10.1. The minimum atomic E-state index is -0.910. The van der Waals surface area contributed by atoms with Crippen LogP contribution in [0.25, 0.3) is 0 Å². The van der Waals surface area contributed by atoms with Crippen molar-refractivity contribution in [3.8, 4) is 5.75 Å². The Morgan fingerprint density at radius 3 is 2.54 bits per heavy atom. The lowest BCUT2D eigenvalue weighted by molar-refractivity contribution is -0.384. The van der Waals surface area contributed by atoms with E-state index in [0.29, 0.717) is 6.54 Å². The van der Waals surface area contributed by atoms with Gasteiger partial charge in [0.2, 0.25) is 0 Å². The summed E-state index contributed by atoms with van der Waals surface area (Å²) >= 11 is 0. The molecule has 9 nitrogen and oxygen atoms in total. The van der Waals surface area contributed by atoms with E-state index in [0.717, 1.165) is 17.2 Å². The molecule has 2 rings (SSSR count). The molecule has 0 atom stereocenters. The molecule has 136 valence electrons. The average Bonchev–Trinajstić information content (AvgIpc) is 2.66. The Hall–Kier alpha value is -3.46. The number of nitro benzene ring substituents is 1. The van der Waals surface area contributed by atoms with E-state index >= 15 is 0 Å². The molecule has 0 saturated carbocycles. The van der Waals surface area contributed by atoms with Crippen molar-refractivity contribution >= 4 is 23.2 Å². The monoisotopic (exact) mass is 358 g/mol. The molecule has 2 aromatic carbocycles. The van der Waals surface area contributed by atoms with Crippen molar-refractivity contribution in [2.45, 2.75) is 13.1 Å². The number of rotatable bonds is 6. The number of hydrogen-bond donors (Lipinski definition) is 3. The number of nitro groups is 1. The average molecular weight is 358 g/mol. The Morgan fingerprint density at radius 2 is 1.88 bits per heavy atom. The second kappa shape index (κ2) is 8.58. The smallest absolute Gasteiger partial charge is 0.313 e. The van der Waals surface area contributed by atoms with Gasteiger partial charge in [-0.2, -0.15) is 0 Å². The van der Waals surface area contributed by atoms with Crippen molar-refractivity contribution < 1.29 is 19.2 Å². The molecule has 0 saturated heterocycles. The van der Waals surface area contributed by atoms with Crippen molar-refractivity contribution in [2.24, 2.45) is 5.73 Å². The molecular weight excluding hydrogens is 340 g/mol. The number of benzene rings is 2. The molecule has 4 N–H and O–H groups in total. The van der Waals surface area contributed by atoms with E-state index in [1.165, 1.54) is 19.2 Å². The number of amides is 2. The van der Waals surface area contributed by atoms with Gasteiger partial charge in [0.15, 0.2) is 0 Å². The number of nitrogens with one attached hydrogen (secondary N) is 2. The summed E-state index contributed by atoms with van der Waals surface area (Å²) in [5.41, 5.74) is 7.25. The molecule has 0 bridgehead atoms. The van der Waals surface area contributed by atoms with Crippen LogP contribution >= 0.6 is 0 Å². The topological polar surface area (TPSA) is 137 Å². The van der Waals surface area contributed by atoms with Gasteiger partial charge in [-0.15, -0.1) is 0 Å². The highest BCUT2D eigenvalue weighted by Crippen LogP contribution is 2.28. The first kappa shape index (κ1) is 18.9. The molecule has 0 aromatic heterocycles. The zero-order chi connectivity index (χ0) is 19.1. The van der Waals surface area contributed by atoms with Crippen LogP contribution in [0.3, 0.4) is 0 Å². The third-order valence-corrected chi connectivity index (χ3v) is 3.53. The number of ether oxygens (including phenoxy) is 1. The van der Waals surface area contributed by atoms with E-state index in [4.69, 9.17) is 10.5 Å². The number of nitrogens with zero attached hydrogens (tertiary/aromatic N) is 1. The Balaban J connectivity index is 2.00. The molecule has 0 aliphatic rings. The lowest BCUT2D eigenvalue weighted by Crippen LogP contribution is -2.35. The maximum atomic E-state index is 12.0. The quantitative estimate of drug-likeness (QED) is 0.405. The Morgan fingerprint density at radius 1 is 1.15 bits per heavy atom. The summed E-state index contributed by atoms with van der Waals surface area (Å²) in [6.45, 7) is 0.541. The molecule has 9 heteroatoms. The number of carbonyl (C=O) groups is 2. The van der Waals surface area contributed by atoms with Gasteiger partial charge in [0.25, 0.3) is 5.69 Å². The van der Waals surface area contributed by atoms with E-state index < -0.39 is 16.7 Å². The fraction of sp³-hybridized carbons (Fsp3) is 0.176. The summed E-state index contributed by atoms with van der Waals surface area (Å²) in [5.74, 6) is -1.67. The summed E-state index contributed by atoms with van der Waals surface area (Å²) in [4.78, 5) is 34.1. The van der Waals surface area contributed by atoms with Crippen LogP contribution in [0.4, 0.5) is 11.4 Å². The van der Waals surface area contributed by atoms with E-state index in [-0.39, 0.29) is 23.7 Å². The minimum Gasteiger partial charge on any atom is -0.494 e. The minimum absolute atomic E-state index is 0.0796. The molecule has 0 unspecified atom stereocenters. The third kappa shape index (κ3) is 4.77. The van der Waals surface area contributed by atoms with Crippen molar-refractivity contribution in [1.82, 2.24) is 5.32 Å². The molecule has 0 radical (unpaired) electrons. The summed E-state index contributed by atoms with van der Waals surface area (Å²) < 4.78 is 5.01. The van der Waals surface area contributed by atoms with Gasteiger partial charge in [-0.3, -0.25) is 19.7 Å². The first-order valence-electron chi connectivity index (χ1n) is 7.64. The Labute approximate surface area is 149 Å². The van der Waals surface area contributed by atoms with Crippen molar-refractivity contribution in [3.63, 3.8) is 0 Å². The van der Waals surface area contributed by atoms with Gasteiger partial charge in [0.05, 0.1) is 23.8 Å². The zero-order valence-corrected chi connectivity index (χ0v) is 14.0. The number of methoxy groups -OCH3 is 1. The SMILES string of the molecule is COc1cc([N+](=O)[O-])ccc1NC(=O)C(=O)NCc1cccc(CN)c1. The number of nitrogens with two attached hydrogens (primary N) is 1. The molecule has 2 aromatic rings. The highest BCUT2D eigenvalue weighted by molar-refractivity contribution is 6.39. The first-order valence-corrected chi connectivity index (χ1v) is 7.64. The van der Waals surface area contributed by atoms with E-state index in [1.54, 1.807) is 6.07 Å². The first-order chi connectivity index (χ1) is 12.4. The predicted molar refractivity (Wildman–Crippen MR) is 94.5 cm³/mol. The molecule has 0 aliphatic carbocycles. The van der Waals surface area contributed by atoms with Crippen LogP contribution in [0.1, 0.15) is 11.1 Å². The van der Waals surface area contributed by atoms with Crippen LogP contribution in [0, 0.1) is 10.1 Å². The second-order valence-corrected chi connectivity index (χ2v) is 5.30. The predicted octanol–water partition coefficient (Wildman–Crippen LogP) is 1.32. The van der Waals surface area contributed by atoms with Gasteiger partial charge < -0.3 is 21.1 Å². The number of hydrogen-bond acceptors (Lipinski definition) is 6. The Kier molecular flexibility index (Phi) is 6.23. The van der Waals surface area contributed by atoms with Gasteiger partial charge >= 0.3 is 11.8 Å². The molecule has 2 amide bonds. The molecule has 0 fully saturated rings. The van der Waals surface area contributed by atoms with Crippen molar-refractivity contribution in [1.29, 1.82) is 0 Å². The van der Waals surface area contributed by atoms with Gasteiger partial charge in [-0.25, -0.2) is 0 Å². The van der Waals surface area contributed by atoms with Crippen molar-refractivity contribution in [3.05, 3.63) is 63.7 Å². The second-order valence-electron chi connectivity index (χ2n) is 5.30. The maximum absolute atomic E-state index is 12.0. The van der Waals surface area contributed by atoms with Crippen LogP contribution in [-0.4, -0.2) is 23.8 Å². The summed E-state index contributed by atoms with van der Waals surface area (Å²) in [7, 11) is 1.30. The molecule has 0 heterocycles. The summed E-state index contributed by atoms with van der Waals surface area (Å²) in [6.07, 6.45) is 0. The summed E-state index contributed by atoms with van der Waals surface area (Å²) in [5, 5.41) is 15.6.